The van der Waals surface area contributed by atoms with Crippen LogP contribution in [-0.4, -0.2) is 44.6 Å². The molecule has 0 fully saturated rings. The number of methoxy groups -OCH3 is 2. The Balaban J connectivity index is 4.47. The van der Waals surface area contributed by atoms with Crippen LogP contribution < -0.4 is 0 Å². The summed E-state index contributed by atoms with van der Waals surface area (Å²) in [6.45, 7) is 0.0394. The SMILES string of the molecule is COC(=O)C(=O)CC(CCN=C=O)C(=O)OC. The van der Waals surface area contributed by atoms with E-state index in [9.17, 15) is 19.2 Å². The molecule has 94 valence electrons. The van der Waals surface area contributed by atoms with E-state index in [1.807, 2.05) is 0 Å². The number of carbonyl (C=O) groups is 3. The fourth-order valence-corrected chi connectivity index (χ4v) is 1.16. The first-order chi connectivity index (χ1) is 8.06. The monoisotopic (exact) mass is 243 g/mol. The summed E-state index contributed by atoms with van der Waals surface area (Å²) in [4.78, 5) is 46.5. The first-order valence-electron chi connectivity index (χ1n) is 4.79. The average molecular weight is 243 g/mol. The van der Waals surface area contributed by atoms with Crippen LogP contribution in [0.3, 0.4) is 0 Å². The number of hydrogen-bond acceptors (Lipinski definition) is 7. The molecule has 0 aliphatic carbocycles. The van der Waals surface area contributed by atoms with Gasteiger partial charge in [-0.1, -0.05) is 0 Å². The number of nitrogens with zero attached hydrogens (tertiary/aromatic N) is 1. The van der Waals surface area contributed by atoms with Gasteiger partial charge in [-0.25, -0.2) is 14.6 Å². The van der Waals surface area contributed by atoms with Crippen molar-refractivity contribution in [1.82, 2.24) is 0 Å². The topological polar surface area (TPSA) is 99.1 Å². The van der Waals surface area contributed by atoms with E-state index in [0.29, 0.717) is 0 Å². The number of rotatable bonds is 7. The highest BCUT2D eigenvalue weighted by molar-refractivity contribution is 6.33. The largest absolute Gasteiger partial charge is 0.469 e. The van der Waals surface area contributed by atoms with Crippen LogP contribution in [0.25, 0.3) is 0 Å². The van der Waals surface area contributed by atoms with E-state index in [4.69, 9.17) is 0 Å². The highest BCUT2D eigenvalue weighted by Gasteiger charge is 2.26. The van der Waals surface area contributed by atoms with E-state index in [1.54, 1.807) is 0 Å². The highest BCUT2D eigenvalue weighted by Crippen LogP contribution is 2.12. The number of ketones is 1. The number of ether oxygens (including phenoxy) is 2. The molecule has 0 N–H and O–H groups in total. The molecule has 0 radical (unpaired) electrons. The van der Waals surface area contributed by atoms with Gasteiger partial charge in [-0.15, -0.1) is 0 Å². The lowest BCUT2D eigenvalue weighted by atomic mass is 9.99. The molecule has 0 rings (SSSR count). The average Bonchev–Trinajstić information content (AvgIpc) is 2.35. The molecule has 7 nitrogen and oxygen atoms in total. The predicted octanol–water partition coefficient (Wildman–Crippen LogP) is -0.366. The lowest BCUT2D eigenvalue weighted by Gasteiger charge is -2.11. The van der Waals surface area contributed by atoms with Gasteiger partial charge < -0.3 is 9.47 Å². The van der Waals surface area contributed by atoms with Gasteiger partial charge in [-0.05, 0) is 6.42 Å². The highest BCUT2D eigenvalue weighted by atomic mass is 16.5. The van der Waals surface area contributed by atoms with E-state index in [0.717, 1.165) is 7.11 Å². The summed E-state index contributed by atoms with van der Waals surface area (Å²) >= 11 is 0. The Kier molecular flexibility index (Phi) is 7.21. The molecule has 0 amide bonds. The molecule has 0 aliphatic rings. The van der Waals surface area contributed by atoms with Crippen molar-refractivity contribution in [2.45, 2.75) is 12.8 Å². The summed E-state index contributed by atoms with van der Waals surface area (Å²) in [7, 11) is 2.24. The summed E-state index contributed by atoms with van der Waals surface area (Å²) in [5.74, 6) is -3.29. The molecule has 0 aliphatic heterocycles. The van der Waals surface area contributed by atoms with E-state index in [-0.39, 0.29) is 19.4 Å². The molecule has 0 spiro atoms. The van der Waals surface area contributed by atoms with E-state index < -0.39 is 23.6 Å². The van der Waals surface area contributed by atoms with Crippen LogP contribution in [0.5, 0.6) is 0 Å². The Labute approximate surface area is 97.8 Å². The Morgan fingerprint density at radius 1 is 1.24 bits per heavy atom. The van der Waals surface area contributed by atoms with Crippen molar-refractivity contribution < 1.29 is 28.7 Å². The van der Waals surface area contributed by atoms with Crippen LogP contribution in [0, 0.1) is 5.92 Å². The molecule has 7 heteroatoms. The molecule has 0 saturated carbocycles. The smallest absolute Gasteiger partial charge is 0.374 e. The second kappa shape index (κ2) is 8.18. The Bertz CT molecular complexity index is 345. The summed E-state index contributed by atoms with van der Waals surface area (Å²) in [6, 6.07) is 0. The molecule has 0 aromatic rings. The van der Waals surface area contributed by atoms with Crippen LogP contribution >= 0.6 is 0 Å². The van der Waals surface area contributed by atoms with Crippen molar-refractivity contribution in [2.75, 3.05) is 20.8 Å². The number of isocyanates is 1. The zero-order valence-electron chi connectivity index (χ0n) is 9.60. The quantitative estimate of drug-likeness (QED) is 0.262. The van der Waals surface area contributed by atoms with Crippen LogP contribution in [0.4, 0.5) is 0 Å². The van der Waals surface area contributed by atoms with Gasteiger partial charge in [-0.3, -0.25) is 9.59 Å². The Morgan fingerprint density at radius 2 is 1.88 bits per heavy atom. The van der Waals surface area contributed by atoms with Gasteiger partial charge in [0.15, 0.2) is 0 Å². The maximum atomic E-state index is 11.3. The Hall–Kier alpha value is -2.01. The second-order valence-electron chi connectivity index (χ2n) is 3.10. The molecule has 0 aromatic carbocycles. The second-order valence-corrected chi connectivity index (χ2v) is 3.10. The van der Waals surface area contributed by atoms with Crippen molar-refractivity contribution in [3.8, 4) is 0 Å². The summed E-state index contributed by atoms with van der Waals surface area (Å²) in [6.07, 6.45) is 1.12. The number of aliphatic imine (C=N–C) groups is 1. The molecule has 0 aromatic heterocycles. The molecule has 17 heavy (non-hydrogen) atoms. The maximum Gasteiger partial charge on any atom is 0.374 e. The van der Waals surface area contributed by atoms with Gasteiger partial charge in [0.2, 0.25) is 11.9 Å². The molecule has 0 bridgehead atoms. The van der Waals surface area contributed by atoms with Gasteiger partial charge in [-0.2, -0.15) is 0 Å². The van der Waals surface area contributed by atoms with Gasteiger partial charge >= 0.3 is 11.9 Å². The summed E-state index contributed by atoms with van der Waals surface area (Å²) in [5, 5.41) is 0. The lowest BCUT2D eigenvalue weighted by molar-refractivity contribution is -0.154. The summed E-state index contributed by atoms with van der Waals surface area (Å²) < 4.78 is 8.70. The van der Waals surface area contributed by atoms with Gasteiger partial charge in [0.1, 0.15) is 0 Å². The van der Waals surface area contributed by atoms with E-state index >= 15 is 0 Å². The third-order valence-electron chi connectivity index (χ3n) is 2.03. The number of esters is 2. The first-order valence-corrected chi connectivity index (χ1v) is 4.79. The van der Waals surface area contributed by atoms with Crippen molar-refractivity contribution in [3.05, 3.63) is 0 Å². The third-order valence-corrected chi connectivity index (χ3v) is 2.03. The molecule has 1 atom stereocenters. The van der Waals surface area contributed by atoms with Crippen molar-refractivity contribution >= 4 is 23.8 Å². The molecule has 0 saturated heterocycles. The van der Waals surface area contributed by atoms with Crippen molar-refractivity contribution in [2.24, 2.45) is 10.9 Å². The normalized spacial score (nSPS) is 10.9. The fraction of sp³-hybridized carbons (Fsp3) is 0.600. The Morgan fingerprint density at radius 3 is 2.35 bits per heavy atom. The zero-order chi connectivity index (χ0) is 13.3. The number of hydrogen-bond donors (Lipinski definition) is 0. The van der Waals surface area contributed by atoms with Crippen LogP contribution in [0.1, 0.15) is 12.8 Å². The first kappa shape index (κ1) is 15.0. The maximum absolute atomic E-state index is 11.3. The van der Waals surface area contributed by atoms with E-state index in [2.05, 4.69) is 14.5 Å². The molecule has 1 unspecified atom stereocenters. The minimum atomic E-state index is -1.02. The summed E-state index contributed by atoms with van der Waals surface area (Å²) in [5.41, 5.74) is 0. The van der Waals surface area contributed by atoms with Gasteiger partial charge in [0, 0.05) is 6.42 Å². The molecular weight excluding hydrogens is 230 g/mol. The van der Waals surface area contributed by atoms with Gasteiger partial charge in [0.25, 0.3) is 0 Å². The van der Waals surface area contributed by atoms with Crippen LogP contribution in [-0.2, 0) is 28.7 Å². The molecular formula is C10H13NO6. The molecule has 0 heterocycles. The van der Waals surface area contributed by atoms with E-state index in [1.165, 1.54) is 13.2 Å². The minimum Gasteiger partial charge on any atom is -0.469 e. The number of carbonyl (C=O) groups excluding carboxylic acids is 4. The third kappa shape index (κ3) is 5.58. The van der Waals surface area contributed by atoms with Gasteiger partial charge in [0.05, 0.1) is 26.7 Å². The van der Waals surface area contributed by atoms with Crippen molar-refractivity contribution in [1.29, 1.82) is 0 Å². The number of Topliss-reactive ketones (excluding diaryl/α,β-unsaturated/α-hetero) is 1. The van der Waals surface area contributed by atoms with Crippen LogP contribution in [0.15, 0.2) is 4.99 Å². The minimum absolute atomic E-state index is 0.0394. The van der Waals surface area contributed by atoms with Crippen molar-refractivity contribution in [3.63, 3.8) is 0 Å². The fourth-order valence-electron chi connectivity index (χ4n) is 1.16. The van der Waals surface area contributed by atoms with Crippen LogP contribution in [0.2, 0.25) is 0 Å². The predicted molar refractivity (Wildman–Crippen MR) is 54.8 cm³/mol. The zero-order valence-corrected chi connectivity index (χ0v) is 9.60. The standard InChI is InChI=1S/C10H13NO6/c1-16-9(14)7(3-4-11-6-12)5-8(13)10(15)17-2/h7H,3-5H2,1-2H3. The lowest BCUT2D eigenvalue weighted by Crippen LogP contribution is -2.25.